The Kier molecular flexibility index (Phi) is 6.90. The molecule has 0 aliphatic rings. The average molecular weight is 322 g/mol. The number of hydrogen-bond acceptors (Lipinski definition) is 5. The first-order chi connectivity index (χ1) is 9.90. The molecular formula is C12H20F2N4O2S. The number of aliphatic hydroxyl groups is 1. The lowest BCUT2D eigenvalue weighted by Crippen LogP contribution is -2.44. The Bertz CT molecular complexity index is 450. The molecule has 0 aliphatic carbocycles. The molecule has 6 nitrogen and oxygen atoms in total. The van der Waals surface area contributed by atoms with Gasteiger partial charge in [0.1, 0.15) is 0 Å². The summed E-state index contributed by atoms with van der Waals surface area (Å²) in [6.45, 7) is 4.00. The van der Waals surface area contributed by atoms with Gasteiger partial charge in [0.15, 0.2) is 5.01 Å². The van der Waals surface area contributed by atoms with E-state index in [1.54, 1.807) is 0 Å². The Morgan fingerprint density at radius 3 is 2.43 bits per heavy atom. The minimum absolute atomic E-state index is 0.00248. The number of hydrogen-bond donors (Lipinski definition) is 3. The standard InChI is InChI=1S/C12H20F2N4O2S/c1-3-5-12(20,6-4-2)7-15-10(19)16-11-18-17-9(21-11)8(13)14/h8,20H,3-7H2,1-2H3,(H2,15,16,18,19). The van der Waals surface area contributed by atoms with E-state index in [1.165, 1.54) is 0 Å². The van der Waals surface area contributed by atoms with Crippen LogP contribution in [-0.2, 0) is 0 Å². The van der Waals surface area contributed by atoms with Crippen LogP contribution >= 0.6 is 11.3 Å². The fourth-order valence-electron chi connectivity index (χ4n) is 1.99. The van der Waals surface area contributed by atoms with Gasteiger partial charge in [-0.3, -0.25) is 5.32 Å². The molecule has 9 heteroatoms. The van der Waals surface area contributed by atoms with Gasteiger partial charge < -0.3 is 10.4 Å². The van der Waals surface area contributed by atoms with Crippen LogP contribution < -0.4 is 10.6 Å². The van der Waals surface area contributed by atoms with E-state index in [-0.39, 0.29) is 11.7 Å². The van der Waals surface area contributed by atoms with Crippen LogP contribution in [0.5, 0.6) is 0 Å². The minimum atomic E-state index is -2.71. The number of alkyl halides is 2. The van der Waals surface area contributed by atoms with Crippen molar-refractivity contribution in [3.63, 3.8) is 0 Å². The normalized spacial score (nSPS) is 11.7. The van der Waals surface area contributed by atoms with Gasteiger partial charge in [-0.15, -0.1) is 10.2 Å². The molecule has 21 heavy (non-hydrogen) atoms. The molecule has 1 aromatic rings. The van der Waals surface area contributed by atoms with Crippen molar-refractivity contribution in [2.75, 3.05) is 11.9 Å². The number of carbonyl (C=O) groups is 1. The van der Waals surface area contributed by atoms with Crippen molar-refractivity contribution in [3.05, 3.63) is 5.01 Å². The largest absolute Gasteiger partial charge is 0.388 e. The summed E-state index contributed by atoms with van der Waals surface area (Å²) in [7, 11) is 0. The molecule has 1 aromatic heterocycles. The molecule has 0 bridgehead atoms. The van der Waals surface area contributed by atoms with Crippen LogP contribution in [0.25, 0.3) is 0 Å². The summed E-state index contributed by atoms with van der Waals surface area (Å²) in [6.07, 6.45) is 0.0487. The molecule has 0 saturated heterocycles. The molecule has 0 unspecified atom stereocenters. The van der Waals surface area contributed by atoms with Crippen molar-refractivity contribution >= 4 is 22.5 Å². The Balaban J connectivity index is 2.48. The summed E-state index contributed by atoms with van der Waals surface area (Å²) in [4.78, 5) is 11.7. The van der Waals surface area contributed by atoms with E-state index >= 15 is 0 Å². The molecular weight excluding hydrogens is 302 g/mol. The summed E-state index contributed by atoms with van der Waals surface area (Å²) < 4.78 is 24.7. The summed E-state index contributed by atoms with van der Waals surface area (Å²) >= 11 is 0.617. The molecule has 120 valence electrons. The molecule has 1 heterocycles. The monoisotopic (exact) mass is 322 g/mol. The van der Waals surface area contributed by atoms with Crippen molar-refractivity contribution in [1.82, 2.24) is 15.5 Å². The van der Waals surface area contributed by atoms with E-state index < -0.39 is 23.1 Å². The molecule has 0 aliphatic heterocycles. The van der Waals surface area contributed by atoms with Crippen LogP contribution in [-0.4, -0.2) is 33.5 Å². The average Bonchev–Trinajstić information content (AvgIpc) is 2.86. The quantitative estimate of drug-likeness (QED) is 0.687. The topological polar surface area (TPSA) is 87.1 Å². The van der Waals surface area contributed by atoms with Gasteiger partial charge >= 0.3 is 6.03 Å². The predicted octanol–water partition coefficient (Wildman–Crippen LogP) is 2.93. The van der Waals surface area contributed by atoms with Gasteiger partial charge in [-0.25, -0.2) is 13.6 Å². The van der Waals surface area contributed by atoms with E-state index in [1.807, 2.05) is 13.8 Å². The molecule has 0 atom stereocenters. The second kappa shape index (κ2) is 8.18. The summed E-state index contributed by atoms with van der Waals surface area (Å²) in [5.74, 6) is 0. The predicted molar refractivity (Wildman–Crippen MR) is 76.7 cm³/mol. The van der Waals surface area contributed by atoms with Crippen molar-refractivity contribution < 1.29 is 18.7 Å². The Labute approximate surface area is 126 Å². The number of anilines is 1. The number of nitrogens with one attached hydrogen (secondary N) is 2. The highest BCUT2D eigenvalue weighted by Crippen LogP contribution is 2.25. The number of carbonyl (C=O) groups excluding carboxylic acids is 1. The maximum Gasteiger partial charge on any atom is 0.321 e. The molecule has 1 rings (SSSR count). The van der Waals surface area contributed by atoms with Crippen LogP contribution in [0.4, 0.5) is 18.7 Å². The van der Waals surface area contributed by atoms with Gasteiger partial charge in [-0.1, -0.05) is 38.0 Å². The first kappa shape index (κ1) is 17.7. The SMILES string of the molecule is CCCC(O)(CCC)CNC(=O)Nc1nnc(C(F)F)s1. The molecule has 0 radical (unpaired) electrons. The number of aromatic nitrogens is 2. The van der Waals surface area contributed by atoms with E-state index in [0.29, 0.717) is 24.2 Å². The van der Waals surface area contributed by atoms with Gasteiger partial charge in [0.05, 0.1) is 5.60 Å². The van der Waals surface area contributed by atoms with Gasteiger partial charge in [0, 0.05) is 6.54 Å². The number of halogens is 2. The highest BCUT2D eigenvalue weighted by atomic mass is 32.1. The van der Waals surface area contributed by atoms with Crippen molar-refractivity contribution in [3.8, 4) is 0 Å². The maximum absolute atomic E-state index is 12.3. The summed E-state index contributed by atoms with van der Waals surface area (Å²) in [5, 5.41) is 21.5. The first-order valence-corrected chi connectivity index (χ1v) is 7.60. The lowest BCUT2D eigenvalue weighted by atomic mass is 9.93. The third-order valence-corrected chi connectivity index (χ3v) is 3.70. The fraction of sp³-hybridized carbons (Fsp3) is 0.750. The second-order valence-corrected chi connectivity index (χ2v) is 5.79. The molecule has 0 fully saturated rings. The highest BCUT2D eigenvalue weighted by Gasteiger charge is 2.25. The van der Waals surface area contributed by atoms with Gasteiger partial charge in [0.25, 0.3) is 6.43 Å². The first-order valence-electron chi connectivity index (χ1n) is 6.79. The Morgan fingerprint density at radius 1 is 1.33 bits per heavy atom. The van der Waals surface area contributed by atoms with E-state index in [4.69, 9.17) is 0 Å². The van der Waals surface area contributed by atoms with Crippen molar-refractivity contribution in [2.24, 2.45) is 0 Å². The Morgan fingerprint density at radius 2 is 1.95 bits per heavy atom. The highest BCUT2D eigenvalue weighted by molar-refractivity contribution is 7.15. The zero-order valence-electron chi connectivity index (χ0n) is 12.0. The summed E-state index contributed by atoms with van der Waals surface area (Å²) in [5.41, 5.74) is -0.948. The smallest absolute Gasteiger partial charge is 0.321 e. The molecule has 0 aromatic carbocycles. The molecule has 0 spiro atoms. The third-order valence-electron chi connectivity index (χ3n) is 2.86. The van der Waals surface area contributed by atoms with Crippen LogP contribution in [0.2, 0.25) is 0 Å². The number of urea groups is 1. The van der Waals surface area contributed by atoms with E-state index in [0.717, 1.165) is 12.8 Å². The minimum Gasteiger partial charge on any atom is -0.388 e. The van der Waals surface area contributed by atoms with Crippen LogP contribution in [0, 0.1) is 0 Å². The second-order valence-electron chi connectivity index (χ2n) is 4.78. The van der Waals surface area contributed by atoms with Crippen LogP contribution in [0.1, 0.15) is 51.0 Å². The lowest BCUT2D eigenvalue weighted by Gasteiger charge is -2.27. The number of amides is 2. The van der Waals surface area contributed by atoms with E-state index in [9.17, 15) is 18.7 Å². The van der Waals surface area contributed by atoms with Gasteiger partial charge in [-0.2, -0.15) is 0 Å². The van der Waals surface area contributed by atoms with Crippen molar-refractivity contribution in [1.29, 1.82) is 0 Å². The molecule has 0 saturated carbocycles. The van der Waals surface area contributed by atoms with Crippen LogP contribution in [0.15, 0.2) is 0 Å². The van der Waals surface area contributed by atoms with E-state index in [2.05, 4.69) is 20.8 Å². The number of rotatable bonds is 8. The maximum atomic E-state index is 12.3. The third kappa shape index (κ3) is 5.88. The van der Waals surface area contributed by atoms with Crippen molar-refractivity contribution in [2.45, 2.75) is 51.6 Å². The summed E-state index contributed by atoms with van der Waals surface area (Å²) in [6, 6.07) is -0.599. The molecule has 3 N–H and O–H groups in total. The Hall–Kier alpha value is -1.35. The number of nitrogens with zero attached hydrogens (tertiary/aromatic N) is 2. The van der Waals surface area contributed by atoms with Gasteiger partial charge in [-0.05, 0) is 12.8 Å². The fourth-order valence-corrected chi connectivity index (χ4v) is 2.59. The zero-order chi connectivity index (χ0) is 15.9. The molecule has 2 amide bonds. The lowest BCUT2D eigenvalue weighted by molar-refractivity contribution is 0.0245. The van der Waals surface area contributed by atoms with Gasteiger partial charge in [0.2, 0.25) is 5.13 Å². The zero-order valence-corrected chi connectivity index (χ0v) is 12.8. The van der Waals surface area contributed by atoms with Crippen LogP contribution in [0.3, 0.4) is 0 Å².